The first-order valence-electron chi connectivity index (χ1n) is 14.1. The van der Waals surface area contributed by atoms with Gasteiger partial charge in [0.15, 0.2) is 5.65 Å². The van der Waals surface area contributed by atoms with Crippen molar-refractivity contribution < 1.29 is 19.1 Å². The molecule has 2 aromatic heterocycles. The van der Waals surface area contributed by atoms with Crippen LogP contribution in [-0.4, -0.2) is 62.0 Å². The van der Waals surface area contributed by atoms with Gasteiger partial charge in [-0.25, -0.2) is 14.6 Å². The van der Waals surface area contributed by atoms with E-state index in [1.165, 1.54) is 0 Å². The van der Waals surface area contributed by atoms with Crippen molar-refractivity contribution in [1.82, 2.24) is 19.5 Å². The van der Waals surface area contributed by atoms with Crippen LogP contribution in [0.1, 0.15) is 104 Å². The largest absolute Gasteiger partial charge is 0.444 e. The molecule has 1 aliphatic heterocycles. The topological polar surface area (TPSA) is 89.3 Å². The number of piperidine rings is 1. The average Bonchev–Trinajstić information content (AvgIpc) is 3.49. The Hall–Kier alpha value is -2.84. The monoisotopic (exact) mass is 525 g/mol. The molecule has 2 saturated carbocycles. The molecular weight excluding hydrogens is 482 g/mol. The van der Waals surface area contributed by atoms with Gasteiger partial charge in [0.1, 0.15) is 17.0 Å². The zero-order valence-electron chi connectivity index (χ0n) is 24.2. The lowest BCUT2D eigenvalue weighted by atomic mass is 9.91. The fourth-order valence-electron chi connectivity index (χ4n) is 5.92. The number of rotatable bonds is 4. The van der Waals surface area contributed by atoms with E-state index in [2.05, 4.69) is 13.8 Å². The Balaban J connectivity index is 1.57. The molecule has 3 aliphatic rings. The second-order valence-corrected chi connectivity index (χ2v) is 13.6. The summed E-state index contributed by atoms with van der Waals surface area (Å²) in [5.74, 6) is 1.61. The molecule has 3 fully saturated rings. The molecule has 2 atom stereocenters. The van der Waals surface area contributed by atoms with Gasteiger partial charge >= 0.3 is 12.2 Å². The number of fused-ring (bicyclic) bond motifs is 3. The smallest absolute Gasteiger partial charge is 0.416 e. The molecule has 2 unspecified atom stereocenters. The number of aromatic nitrogens is 3. The predicted octanol–water partition coefficient (Wildman–Crippen LogP) is 6.12. The van der Waals surface area contributed by atoms with Crippen LogP contribution >= 0.6 is 0 Å². The van der Waals surface area contributed by atoms with Crippen molar-refractivity contribution in [2.24, 2.45) is 11.8 Å². The molecule has 2 amide bonds. The van der Waals surface area contributed by atoms with Gasteiger partial charge in [0.05, 0.1) is 12.2 Å². The van der Waals surface area contributed by atoms with Crippen LogP contribution in [0.2, 0.25) is 0 Å². The molecule has 2 bridgehead atoms. The Labute approximate surface area is 225 Å². The van der Waals surface area contributed by atoms with Crippen LogP contribution < -0.4 is 4.90 Å². The maximum Gasteiger partial charge on any atom is 0.416 e. The number of carbonyl (C=O) groups excluding carboxylic acids is 2. The second kappa shape index (κ2) is 9.42. The fraction of sp³-hybridized carbons (Fsp3) is 0.724. The highest BCUT2D eigenvalue weighted by atomic mass is 16.6. The predicted molar refractivity (Wildman–Crippen MR) is 146 cm³/mol. The first kappa shape index (κ1) is 26.8. The third kappa shape index (κ3) is 5.34. The summed E-state index contributed by atoms with van der Waals surface area (Å²) in [6, 6.07) is 1.94. The molecule has 2 aliphatic carbocycles. The van der Waals surface area contributed by atoms with E-state index in [-0.39, 0.29) is 36.0 Å². The molecule has 208 valence electrons. The molecular formula is C29H43N5O4. The van der Waals surface area contributed by atoms with Crippen molar-refractivity contribution in [3.05, 3.63) is 23.5 Å². The minimum Gasteiger partial charge on any atom is -0.444 e. The van der Waals surface area contributed by atoms with Crippen molar-refractivity contribution in [2.75, 3.05) is 18.0 Å². The summed E-state index contributed by atoms with van der Waals surface area (Å²) in [4.78, 5) is 35.6. The Morgan fingerprint density at radius 3 is 2.11 bits per heavy atom. The number of carbonyl (C=O) groups is 2. The first-order valence-corrected chi connectivity index (χ1v) is 14.1. The van der Waals surface area contributed by atoms with Crippen molar-refractivity contribution in [2.45, 2.75) is 110 Å². The van der Waals surface area contributed by atoms with Gasteiger partial charge in [-0.3, -0.25) is 4.90 Å². The molecule has 5 rings (SSSR count). The first-order chi connectivity index (χ1) is 17.7. The summed E-state index contributed by atoms with van der Waals surface area (Å²) in [6.07, 6.45) is 5.32. The molecule has 38 heavy (non-hydrogen) atoms. The van der Waals surface area contributed by atoms with Crippen molar-refractivity contribution in [3.63, 3.8) is 0 Å². The van der Waals surface area contributed by atoms with Crippen molar-refractivity contribution in [3.8, 4) is 0 Å². The maximum atomic E-state index is 14.0. The second-order valence-electron chi connectivity index (χ2n) is 13.6. The number of amides is 2. The third-order valence-corrected chi connectivity index (χ3v) is 7.69. The molecule has 2 aromatic rings. The van der Waals surface area contributed by atoms with Crippen LogP contribution in [0.15, 0.2) is 12.3 Å². The standard InChI is InChI=1S/C29H43N5O4/c1-17(2)21-14-30-34-23(13-22(18-9-10-18)31-25(21)34)33(27(36)38-29(6,7)8)24-19-11-12-20(24)16-32(15-19)26(35)37-28(3,4)5/h13-14,17-20,24H,9-12,15-16H2,1-8H3. The number of hydrogen-bond donors (Lipinski definition) is 0. The van der Waals surface area contributed by atoms with E-state index in [9.17, 15) is 9.59 Å². The Morgan fingerprint density at radius 1 is 0.974 bits per heavy atom. The normalized spacial score (nSPS) is 23.7. The van der Waals surface area contributed by atoms with E-state index in [0.717, 1.165) is 42.6 Å². The third-order valence-electron chi connectivity index (χ3n) is 7.69. The van der Waals surface area contributed by atoms with Gasteiger partial charge < -0.3 is 14.4 Å². The summed E-state index contributed by atoms with van der Waals surface area (Å²) in [5.41, 5.74) is 1.70. The molecule has 3 heterocycles. The van der Waals surface area contributed by atoms with Gasteiger partial charge in [0, 0.05) is 36.3 Å². The van der Waals surface area contributed by atoms with E-state index >= 15 is 0 Å². The van der Waals surface area contributed by atoms with Crippen LogP contribution in [0.3, 0.4) is 0 Å². The molecule has 0 spiro atoms. The SMILES string of the molecule is CC(C)c1cnn2c(N(C(=O)OC(C)(C)C)C3C4CCC3CN(C(=O)OC(C)(C)C)C4)cc(C3CC3)nc12. The van der Waals surface area contributed by atoms with Gasteiger partial charge in [-0.1, -0.05) is 13.8 Å². The molecule has 9 heteroatoms. The van der Waals surface area contributed by atoms with Crippen LogP contribution in [0.5, 0.6) is 0 Å². The minimum absolute atomic E-state index is 0.104. The maximum absolute atomic E-state index is 14.0. The van der Waals surface area contributed by atoms with Gasteiger partial charge in [-0.05, 0) is 85.0 Å². The van der Waals surface area contributed by atoms with E-state index in [4.69, 9.17) is 19.6 Å². The number of likely N-dealkylation sites (tertiary alicyclic amines) is 1. The highest BCUT2D eigenvalue weighted by Gasteiger charge is 2.50. The fourth-order valence-corrected chi connectivity index (χ4v) is 5.92. The molecule has 9 nitrogen and oxygen atoms in total. The van der Waals surface area contributed by atoms with Crippen LogP contribution in [-0.2, 0) is 9.47 Å². The Morgan fingerprint density at radius 2 is 1.58 bits per heavy atom. The lowest BCUT2D eigenvalue weighted by molar-refractivity contribution is 0.0119. The highest BCUT2D eigenvalue weighted by Crippen LogP contribution is 2.45. The zero-order valence-corrected chi connectivity index (χ0v) is 24.2. The van der Waals surface area contributed by atoms with E-state index < -0.39 is 11.2 Å². The summed E-state index contributed by atoms with van der Waals surface area (Å²) in [5, 5.41) is 4.73. The van der Waals surface area contributed by atoms with Gasteiger partial charge in [-0.15, -0.1) is 0 Å². The zero-order chi connectivity index (χ0) is 27.6. The summed E-state index contributed by atoms with van der Waals surface area (Å²) in [7, 11) is 0. The summed E-state index contributed by atoms with van der Waals surface area (Å²) < 4.78 is 13.5. The lowest BCUT2D eigenvalue weighted by Gasteiger charge is -2.43. The van der Waals surface area contributed by atoms with Gasteiger partial charge in [-0.2, -0.15) is 9.61 Å². The molecule has 0 N–H and O–H groups in total. The quantitative estimate of drug-likeness (QED) is 0.478. The Bertz CT molecular complexity index is 1210. The average molecular weight is 526 g/mol. The van der Waals surface area contributed by atoms with E-state index in [1.54, 1.807) is 0 Å². The van der Waals surface area contributed by atoms with Crippen LogP contribution in [0.4, 0.5) is 15.4 Å². The van der Waals surface area contributed by atoms with E-state index in [1.807, 2.05) is 68.1 Å². The Kier molecular flexibility index (Phi) is 6.63. The lowest BCUT2D eigenvalue weighted by Crippen LogP contribution is -2.57. The van der Waals surface area contributed by atoms with Crippen molar-refractivity contribution in [1.29, 1.82) is 0 Å². The molecule has 1 saturated heterocycles. The summed E-state index contributed by atoms with van der Waals surface area (Å²) >= 11 is 0. The number of anilines is 1. The number of ether oxygens (including phenoxy) is 2. The van der Waals surface area contributed by atoms with Gasteiger partial charge in [0.2, 0.25) is 0 Å². The minimum atomic E-state index is -0.649. The van der Waals surface area contributed by atoms with E-state index in [0.29, 0.717) is 24.8 Å². The number of nitrogens with zero attached hydrogens (tertiary/aromatic N) is 5. The molecule has 0 aromatic carbocycles. The molecule has 0 radical (unpaired) electrons. The summed E-state index contributed by atoms with van der Waals surface area (Å²) in [6.45, 7) is 16.7. The van der Waals surface area contributed by atoms with Crippen LogP contribution in [0, 0.1) is 11.8 Å². The van der Waals surface area contributed by atoms with Gasteiger partial charge in [0.25, 0.3) is 0 Å². The highest BCUT2D eigenvalue weighted by molar-refractivity contribution is 5.88. The van der Waals surface area contributed by atoms with Crippen molar-refractivity contribution >= 4 is 23.7 Å². The number of hydrogen-bond acceptors (Lipinski definition) is 6. The van der Waals surface area contributed by atoms with Crippen LogP contribution in [0.25, 0.3) is 5.65 Å².